The van der Waals surface area contributed by atoms with E-state index in [1.807, 2.05) is 4.90 Å². The third-order valence-electron chi connectivity index (χ3n) is 4.39. The molecule has 5 heteroatoms. The third kappa shape index (κ3) is 6.93. The van der Waals surface area contributed by atoms with E-state index in [0.717, 1.165) is 32.4 Å². The number of carbonyl (C=O) groups is 2. The number of likely N-dealkylation sites (tertiary alicyclic amines) is 1. The van der Waals surface area contributed by atoms with Gasteiger partial charge in [-0.1, -0.05) is 13.8 Å². The number of hydrogen-bond donors (Lipinski definition) is 2. The second kappa shape index (κ2) is 8.37. The molecule has 0 aromatic rings. The molecular weight excluding hydrogens is 268 g/mol. The van der Waals surface area contributed by atoms with Crippen LogP contribution in [0.1, 0.15) is 59.3 Å². The summed E-state index contributed by atoms with van der Waals surface area (Å²) in [4.78, 5) is 24.7. The smallest absolute Gasteiger partial charge is 0.303 e. The van der Waals surface area contributed by atoms with Crippen molar-refractivity contribution in [1.29, 1.82) is 0 Å². The largest absolute Gasteiger partial charge is 0.481 e. The van der Waals surface area contributed by atoms with E-state index >= 15 is 0 Å². The monoisotopic (exact) mass is 298 g/mol. The summed E-state index contributed by atoms with van der Waals surface area (Å²) in [5.41, 5.74) is -0.00709. The van der Waals surface area contributed by atoms with Gasteiger partial charge in [0.2, 0.25) is 5.91 Å². The van der Waals surface area contributed by atoms with Gasteiger partial charge >= 0.3 is 5.97 Å². The van der Waals surface area contributed by atoms with Crippen LogP contribution in [0.3, 0.4) is 0 Å². The Labute approximate surface area is 128 Å². The van der Waals surface area contributed by atoms with E-state index in [9.17, 15) is 9.59 Å². The summed E-state index contributed by atoms with van der Waals surface area (Å²) < 4.78 is 0. The van der Waals surface area contributed by atoms with Gasteiger partial charge < -0.3 is 15.3 Å². The highest BCUT2D eigenvalue weighted by molar-refractivity contribution is 5.78. The molecule has 0 spiro atoms. The summed E-state index contributed by atoms with van der Waals surface area (Å²) in [6.07, 6.45) is 5.18. The zero-order valence-corrected chi connectivity index (χ0v) is 13.7. The van der Waals surface area contributed by atoms with Gasteiger partial charge in [0.15, 0.2) is 0 Å². The number of rotatable bonds is 8. The molecule has 0 aromatic heterocycles. The highest BCUT2D eigenvalue weighted by Crippen LogP contribution is 2.26. The molecule has 1 rings (SSSR count). The number of piperidine rings is 1. The van der Waals surface area contributed by atoms with E-state index in [4.69, 9.17) is 5.11 Å². The molecule has 122 valence electrons. The fraction of sp³-hybridized carbons (Fsp3) is 0.875. The molecule has 1 aliphatic heterocycles. The maximum Gasteiger partial charge on any atom is 0.303 e. The van der Waals surface area contributed by atoms with Gasteiger partial charge in [-0.15, -0.1) is 0 Å². The molecule has 2 N–H and O–H groups in total. The maximum absolute atomic E-state index is 12.1. The Balaban J connectivity index is 2.20. The molecular formula is C16H30N2O3. The third-order valence-corrected chi connectivity index (χ3v) is 4.39. The van der Waals surface area contributed by atoms with Crippen LogP contribution in [0.5, 0.6) is 0 Å². The summed E-state index contributed by atoms with van der Waals surface area (Å²) in [7, 11) is 0. The van der Waals surface area contributed by atoms with Crippen molar-refractivity contribution in [3.8, 4) is 0 Å². The summed E-state index contributed by atoms with van der Waals surface area (Å²) in [5.74, 6) is -0.559. The average Bonchev–Trinajstić information content (AvgIpc) is 2.42. The number of carboxylic acid groups (broad SMARTS) is 1. The van der Waals surface area contributed by atoms with Gasteiger partial charge in [0.05, 0.1) is 6.54 Å². The molecule has 0 radical (unpaired) electrons. The second-order valence-electron chi connectivity index (χ2n) is 6.92. The molecule has 0 bridgehead atoms. The lowest BCUT2D eigenvalue weighted by Crippen LogP contribution is -2.46. The zero-order valence-electron chi connectivity index (χ0n) is 13.7. The number of amides is 1. The lowest BCUT2D eigenvalue weighted by molar-refractivity contribution is -0.137. The molecule has 1 amide bonds. The summed E-state index contributed by atoms with van der Waals surface area (Å²) in [6, 6.07) is 0.361. The predicted molar refractivity (Wildman–Crippen MR) is 83.2 cm³/mol. The van der Waals surface area contributed by atoms with Crippen LogP contribution in [-0.2, 0) is 9.59 Å². The molecule has 1 heterocycles. The Bertz CT molecular complexity index is 355. The van der Waals surface area contributed by atoms with Crippen molar-refractivity contribution in [3.63, 3.8) is 0 Å². The van der Waals surface area contributed by atoms with Crippen molar-refractivity contribution < 1.29 is 14.7 Å². The molecule has 0 aromatic carbocycles. The van der Waals surface area contributed by atoms with E-state index in [1.54, 1.807) is 0 Å². The molecule has 1 saturated heterocycles. The van der Waals surface area contributed by atoms with Crippen LogP contribution in [0.15, 0.2) is 0 Å². The quantitative estimate of drug-likeness (QED) is 0.674. The Morgan fingerprint density at radius 1 is 1.29 bits per heavy atom. The minimum atomic E-state index is -0.745. The summed E-state index contributed by atoms with van der Waals surface area (Å²) in [6.45, 7) is 8.29. The minimum absolute atomic E-state index is 0.00709. The number of aliphatic carboxylic acids is 1. The molecule has 1 fully saturated rings. The Hall–Kier alpha value is -1.10. The van der Waals surface area contributed by atoms with Crippen molar-refractivity contribution in [2.45, 2.75) is 65.3 Å². The normalized spacial score (nSPS) is 19.6. The first-order valence-electron chi connectivity index (χ1n) is 8.04. The van der Waals surface area contributed by atoms with E-state index in [-0.39, 0.29) is 17.7 Å². The highest BCUT2D eigenvalue weighted by atomic mass is 16.4. The van der Waals surface area contributed by atoms with E-state index < -0.39 is 5.97 Å². The minimum Gasteiger partial charge on any atom is -0.481 e. The molecule has 21 heavy (non-hydrogen) atoms. The molecule has 1 aliphatic rings. The van der Waals surface area contributed by atoms with Gasteiger partial charge in [-0.2, -0.15) is 0 Å². The zero-order chi connectivity index (χ0) is 15.9. The number of nitrogens with zero attached hydrogens (tertiary/aromatic N) is 1. The van der Waals surface area contributed by atoms with Crippen LogP contribution in [-0.4, -0.2) is 47.6 Å². The Morgan fingerprint density at radius 2 is 2.00 bits per heavy atom. The van der Waals surface area contributed by atoms with Gasteiger partial charge in [-0.25, -0.2) is 0 Å². The maximum atomic E-state index is 12.1. The molecule has 0 saturated carbocycles. The van der Waals surface area contributed by atoms with Crippen LogP contribution in [0.4, 0.5) is 0 Å². The lowest BCUT2D eigenvalue weighted by atomic mass is 9.84. The van der Waals surface area contributed by atoms with Crippen molar-refractivity contribution in [2.75, 3.05) is 19.6 Å². The van der Waals surface area contributed by atoms with Crippen LogP contribution >= 0.6 is 0 Å². The summed E-state index contributed by atoms with van der Waals surface area (Å²) >= 11 is 0. The van der Waals surface area contributed by atoms with Crippen molar-refractivity contribution >= 4 is 11.9 Å². The first-order chi connectivity index (χ1) is 9.82. The van der Waals surface area contributed by atoms with Crippen LogP contribution < -0.4 is 5.32 Å². The van der Waals surface area contributed by atoms with Gasteiger partial charge in [-0.05, 0) is 51.0 Å². The van der Waals surface area contributed by atoms with Crippen molar-refractivity contribution in [2.24, 2.45) is 5.41 Å². The SMILES string of the molecule is CC1CCCCN1C(=O)CNCCC(C)(C)CCC(=O)O. The fourth-order valence-electron chi connectivity index (χ4n) is 2.76. The number of nitrogens with one attached hydrogen (secondary N) is 1. The van der Waals surface area contributed by atoms with Crippen molar-refractivity contribution in [1.82, 2.24) is 10.2 Å². The van der Waals surface area contributed by atoms with Crippen LogP contribution in [0.2, 0.25) is 0 Å². The van der Waals surface area contributed by atoms with E-state index in [0.29, 0.717) is 19.0 Å². The van der Waals surface area contributed by atoms with Gasteiger partial charge in [0.25, 0.3) is 0 Å². The highest BCUT2D eigenvalue weighted by Gasteiger charge is 2.23. The predicted octanol–water partition coefficient (Wildman–Crippen LogP) is 2.26. The lowest BCUT2D eigenvalue weighted by Gasteiger charge is -2.33. The van der Waals surface area contributed by atoms with E-state index in [2.05, 4.69) is 26.1 Å². The van der Waals surface area contributed by atoms with Gasteiger partial charge in [-0.3, -0.25) is 9.59 Å². The Morgan fingerprint density at radius 3 is 2.62 bits per heavy atom. The Kier molecular flexibility index (Phi) is 7.15. The first-order valence-corrected chi connectivity index (χ1v) is 8.04. The van der Waals surface area contributed by atoms with E-state index in [1.165, 1.54) is 6.42 Å². The summed E-state index contributed by atoms with van der Waals surface area (Å²) in [5, 5.41) is 11.9. The number of carboxylic acids is 1. The molecule has 5 nitrogen and oxygen atoms in total. The number of carbonyl (C=O) groups excluding carboxylic acids is 1. The molecule has 0 aliphatic carbocycles. The topological polar surface area (TPSA) is 69.6 Å². The average molecular weight is 298 g/mol. The molecule has 1 atom stereocenters. The second-order valence-corrected chi connectivity index (χ2v) is 6.92. The van der Waals surface area contributed by atoms with Crippen LogP contribution in [0, 0.1) is 5.41 Å². The van der Waals surface area contributed by atoms with Gasteiger partial charge in [0.1, 0.15) is 0 Å². The van der Waals surface area contributed by atoms with Crippen molar-refractivity contribution in [3.05, 3.63) is 0 Å². The van der Waals surface area contributed by atoms with Gasteiger partial charge in [0, 0.05) is 19.0 Å². The fourth-order valence-corrected chi connectivity index (χ4v) is 2.76. The first kappa shape index (κ1) is 18.0. The number of hydrogen-bond acceptors (Lipinski definition) is 3. The molecule has 1 unspecified atom stereocenters. The van der Waals surface area contributed by atoms with Crippen LogP contribution in [0.25, 0.3) is 0 Å². The standard InChI is InChI=1S/C16H30N2O3/c1-13-6-4-5-11-18(13)14(19)12-17-10-9-16(2,3)8-7-15(20)21/h13,17H,4-12H2,1-3H3,(H,20,21).